The third-order valence-corrected chi connectivity index (χ3v) is 12.2. The Morgan fingerprint density at radius 3 is 1.61 bits per heavy atom. The molecule has 0 amide bonds. The van der Waals surface area contributed by atoms with E-state index in [0.29, 0.717) is 17.5 Å². The fourth-order valence-electron chi connectivity index (χ4n) is 8.61. The van der Waals surface area contributed by atoms with Crippen LogP contribution in [0.4, 0.5) is 0 Å². The van der Waals surface area contributed by atoms with E-state index in [9.17, 15) is 0 Å². The molecule has 0 radical (unpaired) electrons. The predicted octanol–water partition coefficient (Wildman–Crippen LogP) is 12.5. The van der Waals surface area contributed by atoms with Gasteiger partial charge in [0.15, 0.2) is 17.5 Å². The van der Waals surface area contributed by atoms with Crippen molar-refractivity contribution in [1.29, 1.82) is 0 Å². The highest BCUT2D eigenvalue weighted by molar-refractivity contribution is 7.99. The van der Waals surface area contributed by atoms with Gasteiger partial charge in [-0.1, -0.05) is 188 Å². The Bertz CT molecular complexity index is 2870. The van der Waals surface area contributed by atoms with Crippen LogP contribution < -0.4 is 0 Å². The molecule has 11 rings (SSSR count). The van der Waals surface area contributed by atoms with Crippen LogP contribution in [0.2, 0.25) is 0 Å². The minimum absolute atomic E-state index is 0.371. The number of aromatic nitrogens is 3. The minimum atomic E-state index is -0.371. The molecule has 54 heavy (non-hydrogen) atoms. The minimum Gasteiger partial charge on any atom is -0.208 e. The Labute approximate surface area is 318 Å². The summed E-state index contributed by atoms with van der Waals surface area (Å²) >= 11 is 1.87. The van der Waals surface area contributed by atoms with Crippen molar-refractivity contribution < 1.29 is 0 Å². The van der Waals surface area contributed by atoms with Gasteiger partial charge in [0.2, 0.25) is 0 Å². The normalized spacial score (nSPS) is 13.3. The zero-order chi connectivity index (χ0) is 35.6. The molecular formula is C50H31N3S. The van der Waals surface area contributed by atoms with Crippen molar-refractivity contribution in [2.45, 2.75) is 15.2 Å². The second-order valence-electron chi connectivity index (χ2n) is 13.9. The van der Waals surface area contributed by atoms with Crippen LogP contribution in [0.1, 0.15) is 22.3 Å². The van der Waals surface area contributed by atoms with Crippen LogP contribution in [-0.4, -0.2) is 15.0 Å². The van der Waals surface area contributed by atoms with Crippen LogP contribution in [0.3, 0.4) is 0 Å². The van der Waals surface area contributed by atoms with Gasteiger partial charge in [-0.15, -0.1) is 0 Å². The first-order valence-corrected chi connectivity index (χ1v) is 19.1. The summed E-state index contributed by atoms with van der Waals surface area (Å²) in [5.41, 5.74) is 12.9. The molecule has 4 heteroatoms. The maximum Gasteiger partial charge on any atom is 0.164 e. The molecule has 0 saturated carbocycles. The lowest BCUT2D eigenvalue weighted by Crippen LogP contribution is -2.31. The van der Waals surface area contributed by atoms with Gasteiger partial charge in [-0.3, -0.25) is 0 Å². The fraction of sp³-hybridized carbons (Fsp3) is 0.0200. The summed E-state index contributed by atoms with van der Waals surface area (Å²) in [7, 11) is 0. The topological polar surface area (TPSA) is 38.7 Å². The van der Waals surface area contributed by atoms with E-state index in [-0.39, 0.29) is 5.41 Å². The van der Waals surface area contributed by atoms with Crippen LogP contribution in [-0.2, 0) is 5.41 Å². The highest BCUT2D eigenvalue weighted by atomic mass is 32.2. The molecule has 252 valence electrons. The Balaban J connectivity index is 1.02. The summed E-state index contributed by atoms with van der Waals surface area (Å²) in [6, 6.07) is 67.4. The largest absolute Gasteiger partial charge is 0.208 e. The molecule has 0 fully saturated rings. The van der Waals surface area contributed by atoms with Gasteiger partial charge in [0.05, 0.1) is 5.41 Å². The molecule has 1 aromatic heterocycles. The van der Waals surface area contributed by atoms with Gasteiger partial charge < -0.3 is 0 Å². The number of nitrogens with zero attached hydrogens (tertiary/aromatic N) is 3. The number of hydrogen-bond donors (Lipinski definition) is 0. The van der Waals surface area contributed by atoms with Crippen LogP contribution in [0.5, 0.6) is 0 Å². The molecule has 1 aliphatic carbocycles. The molecular weight excluding hydrogens is 675 g/mol. The maximum absolute atomic E-state index is 5.08. The Morgan fingerprint density at radius 2 is 0.852 bits per heavy atom. The Kier molecular flexibility index (Phi) is 7.01. The van der Waals surface area contributed by atoms with Crippen LogP contribution in [0.25, 0.3) is 67.2 Å². The van der Waals surface area contributed by atoms with Crippen molar-refractivity contribution in [3.05, 3.63) is 210 Å². The first-order valence-electron chi connectivity index (χ1n) is 18.3. The summed E-state index contributed by atoms with van der Waals surface area (Å²) in [4.78, 5) is 17.7. The van der Waals surface area contributed by atoms with Crippen molar-refractivity contribution >= 4 is 22.5 Å². The summed E-state index contributed by atoms with van der Waals surface area (Å²) in [6.07, 6.45) is 0. The van der Waals surface area contributed by atoms with Gasteiger partial charge >= 0.3 is 0 Å². The van der Waals surface area contributed by atoms with Gasteiger partial charge in [-0.25, -0.2) is 15.0 Å². The number of benzene rings is 8. The van der Waals surface area contributed by atoms with Gasteiger partial charge in [0.25, 0.3) is 0 Å². The molecule has 8 aromatic carbocycles. The van der Waals surface area contributed by atoms with Crippen molar-refractivity contribution in [2.75, 3.05) is 0 Å². The van der Waals surface area contributed by atoms with E-state index in [1.54, 1.807) is 0 Å². The SMILES string of the molecule is c1ccc(-c2nc(-c3ccc(-c4ccc5c(c4)Sc4ccccc4C54c5ccccc5-c5ccccc54)cc3)nc(-c3cccc4ccccc34)n2)cc1. The first-order chi connectivity index (χ1) is 26.8. The third kappa shape index (κ3) is 4.67. The van der Waals surface area contributed by atoms with Crippen molar-refractivity contribution in [3.8, 4) is 56.4 Å². The molecule has 0 atom stereocenters. The molecule has 0 saturated heterocycles. The average molecular weight is 706 g/mol. The summed E-state index contributed by atoms with van der Waals surface area (Å²) < 4.78 is 0. The lowest BCUT2D eigenvalue weighted by Gasteiger charge is -2.39. The van der Waals surface area contributed by atoms with Gasteiger partial charge in [-0.05, 0) is 67.4 Å². The van der Waals surface area contributed by atoms with E-state index in [1.165, 1.54) is 48.7 Å². The summed E-state index contributed by atoms with van der Waals surface area (Å²) in [5, 5.41) is 2.27. The van der Waals surface area contributed by atoms with Crippen molar-refractivity contribution in [1.82, 2.24) is 15.0 Å². The van der Waals surface area contributed by atoms with Crippen molar-refractivity contribution in [2.24, 2.45) is 0 Å². The predicted molar refractivity (Wildman–Crippen MR) is 221 cm³/mol. The Morgan fingerprint density at radius 1 is 0.333 bits per heavy atom. The molecule has 1 spiro atoms. The molecule has 9 aromatic rings. The zero-order valence-electron chi connectivity index (χ0n) is 29.1. The zero-order valence-corrected chi connectivity index (χ0v) is 30.0. The number of rotatable bonds is 4. The first kappa shape index (κ1) is 31.0. The molecule has 0 unspecified atom stereocenters. The lowest BCUT2D eigenvalue weighted by atomic mass is 9.67. The monoisotopic (exact) mass is 705 g/mol. The smallest absolute Gasteiger partial charge is 0.164 e. The van der Waals surface area contributed by atoms with Crippen LogP contribution >= 0.6 is 11.8 Å². The quantitative estimate of drug-likeness (QED) is 0.183. The standard InChI is InChI=1S/C50H31N3S/c1-2-14-34(15-3-1)47-51-48(53-49(52-47)40-20-12-16-33-13-4-5-17-37(33)40)35-27-25-32(26-28-35)36-29-30-44-46(31-36)54-45-24-11-10-23-43(45)50(44)41-21-8-6-18-38(41)39-19-7-9-22-42(39)50/h1-31H. The second kappa shape index (κ2) is 12.2. The lowest BCUT2D eigenvalue weighted by molar-refractivity contribution is 0.722. The molecule has 3 nitrogen and oxygen atoms in total. The molecule has 2 aliphatic rings. The van der Waals surface area contributed by atoms with E-state index >= 15 is 0 Å². The van der Waals surface area contributed by atoms with E-state index in [2.05, 4.69) is 170 Å². The molecule has 1 aliphatic heterocycles. The highest BCUT2D eigenvalue weighted by Crippen LogP contribution is 2.62. The number of fused-ring (bicyclic) bond motifs is 10. The van der Waals surface area contributed by atoms with Gasteiger partial charge in [-0.2, -0.15) is 0 Å². The summed E-state index contributed by atoms with van der Waals surface area (Å²) in [5.74, 6) is 1.97. The maximum atomic E-state index is 5.08. The third-order valence-electron chi connectivity index (χ3n) is 11.0. The highest BCUT2D eigenvalue weighted by Gasteiger charge is 2.50. The molecule has 0 bridgehead atoms. The molecule has 2 heterocycles. The van der Waals surface area contributed by atoms with E-state index in [4.69, 9.17) is 15.0 Å². The van der Waals surface area contributed by atoms with Gasteiger partial charge in [0.1, 0.15) is 0 Å². The van der Waals surface area contributed by atoms with Crippen LogP contribution in [0.15, 0.2) is 198 Å². The van der Waals surface area contributed by atoms with Gasteiger partial charge in [0, 0.05) is 26.5 Å². The summed E-state index contributed by atoms with van der Waals surface area (Å²) in [6.45, 7) is 0. The van der Waals surface area contributed by atoms with E-state index < -0.39 is 0 Å². The van der Waals surface area contributed by atoms with Crippen molar-refractivity contribution in [3.63, 3.8) is 0 Å². The van der Waals surface area contributed by atoms with Crippen LogP contribution in [0, 0.1) is 0 Å². The fourth-order valence-corrected chi connectivity index (χ4v) is 9.85. The second-order valence-corrected chi connectivity index (χ2v) is 15.0. The average Bonchev–Trinajstić information content (AvgIpc) is 3.54. The Hall–Kier alpha value is -6.62. The van der Waals surface area contributed by atoms with E-state index in [0.717, 1.165) is 33.0 Å². The molecule has 0 N–H and O–H groups in total. The number of hydrogen-bond acceptors (Lipinski definition) is 4. The van der Waals surface area contributed by atoms with E-state index in [1.807, 2.05) is 30.0 Å².